The highest BCUT2D eigenvalue weighted by molar-refractivity contribution is 5.75. The van der Waals surface area contributed by atoms with Gasteiger partial charge in [-0.2, -0.15) is 0 Å². The van der Waals surface area contributed by atoms with Gasteiger partial charge in [-0.25, -0.2) is 4.79 Å². The summed E-state index contributed by atoms with van der Waals surface area (Å²) in [4.78, 5) is 15.4. The van der Waals surface area contributed by atoms with Crippen LogP contribution in [0.15, 0.2) is 61.1 Å². The fourth-order valence-corrected chi connectivity index (χ4v) is 1.51. The number of carbonyl (C=O) groups excluding carboxylic acids is 1. The van der Waals surface area contributed by atoms with Crippen LogP contribution in [0.5, 0.6) is 0 Å². The number of nitrogens with one attached hydrogen (secondary N) is 2. The summed E-state index contributed by atoms with van der Waals surface area (Å²) in [6.45, 7) is 0.480. The molecule has 2 aromatic rings. The molecule has 0 saturated carbocycles. The molecule has 0 aliphatic rings. The molecule has 96 valence electrons. The molecule has 4 heteroatoms. The molecule has 1 aromatic heterocycles. The van der Waals surface area contributed by atoms with E-state index in [0.29, 0.717) is 6.54 Å². The highest BCUT2D eigenvalue weighted by atomic mass is 16.2. The van der Waals surface area contributed by atoms with E-state index >= 15 is 0 Å². The molecule has 0 radical (unpaired) electrons. The molecule has 2 amide bonds. The number of benzene rings is 1. The zero-order valence-electron chi connectivity index (χ0n) is 10.4. The van der Waals surface area contributed by atoms with Crippen molar-refractivity contribution in [3.8, 4) is 0 Å². The standard InChI is InChI=1S/C15H15N3O/c19-15(18-12-14-6-9-16-10-7-14)17-11-8-13-4-2-1-3-5-13/h1-11H,12H2,(H2,17,18,19)/b11-8+. The summed E-state index contributed by atoms with van der Waals surface area (Å²) in [6, 6.07) is 13.3. The van der Waals surface area contributed by atoms with E-state index in [-0.39, 0.29) is 6.03 Å². The van der Waals surface area contributed by atoms with Crippen molar-refractivity contribution < 1.29 is 4.79 Å². The van der Waals surface area contributed by atoms with Gasteiger partial charge in [0, 0.05) is 25.1 Å². The third-order valence-electron chi connectivity index (χ3n) is 2.49. The highest BCUT2D eigenvalue weighted by Crippen LogP contribution is 1.99. The molecule has 0 bridgehead atoms. The molecule has 0 fully saturated rings. The summed E-state index contributed by atoms with van der Waals surface area (Å²) in [5.74, 6) is 0. The van der Waals surface area contributed by atoms with Gasteiger partial charge in [-0.1, -0.05) is 30.3 Å². The first-order valence-electron chi connectivity index (χ1n) is 5.99. The predicted molar refractivity (Wildman–Crippen MR) is 75.1 cm³/mol. The van der Waals surface area contributed by atoms with Gasteiger partial charge in [-0.05, 0) is 29.3 Å². The fourth-order valence-electron chi connectivity index (χ4n) is 1.51. The van der Waals surface area contributed by atoms with E-state index in [0.717, 1.165) is 11.1 Å². The first-order valence-corrected chi connectivity index (χ1v) is 5.99. The van der Waals surface area contributed by atoms with Crippen LogP contribution in [0.1, 0.15) is 11.1 Å². The summed E-state index contributed by atoms with van der Waals surface area (Å²) >= 11 is 0. The Morgan fingerprint density at radius 2 is 1.84 bits per heavy atom. The van der Waals surface area contributed by atoms with Gasteiger partial charge < -0.3 is 10.6 Å². The molecule has 0 saturated heterocycles. The van der Waals surface area contributed by atoms with E-state index in [1.807, 2.05) is 48.5 Å². The van der Waals surface area contributed by atoms with Crippen LogP contribution in [-0.4, -0.2) is 11.0 Å². The summed E-state index contributed by atoms with van der Waals surface area (Å²) in [5.41, 5.74) is 2.05. The van der Waals surface area contributed by atoms with E-state index in [2.05, 4.69) is 15.6 Å². The van der Waals surface area contributed by atoms with Crippen LogP contribution in [0.3, 0.4) is 0 Å². The van der Waals surface area contributed by atoms with Crippen LogP contribution in [0.4, 0.5) is 4.79 Å². The Kier molecular flexibility index (Phi) is 4.70. The van der Waals surface area contributed by atoms with Crippen molar-refractivity contribution in [2.24, 2.45) is 0 Å². The Hall–Kier alpha value is -2.62. The first kappa shape index (κ1) is 12.8. The third-order valence-corrected chi connectivity index (χ3v) is 2.49. The maximum absolute atomic E-state index is 11.5. The predicted octanol–water partition coefficient (Wildman–Crippen LogP) is 2.55. The molecule has 0 aliphatic carbocycles. The number of hydrogen-bond donors (Lipinski definition) is 2. The van der Waals surface area contributed by atoms with Gasteiger partial charge in [0.05, 0.1) is 0 Å². The van der Waals surface area contributed by atoms with Crippen LogP contribution in [0.2, 0.25) is 0 Å². The van der Waals surface area contributed by atoms with Crippen molar-refractivity contribution in [1.29, 1.82) is 0 Å². The second kappa shape index (κ2) is 6.96. The van der Waals surface area contributed by atoms with Gasteiger partial charge >= 0.3 is 6.03 Å². The first-order chi connectivity index (χ1) is 9.34. The molecule has 1 heterocycles. The second-order valence-electron chi connectivity index (χ2n) is 3.93. The topological polar surface area (TPSA) is 54.0 Å². The molecule has 0 atom stereocenters. The monoisotopic (exact) mass is 253 g/mol. The molecule has 2 N–H and O–H groups in total. The van der Waals surface area contributed by atoms with Gasteiger partial charge in [0.2, 0.25) is 0 Å². The lowest BCUT2D eigenvalue weighted by Gasteiger charge is -2.04. The molecular weight excluding hydrogens is 238 g/mol. The van der Waals surface area contributed by atoms with E-state index < -0.39 is 0 Å². The van der Waals surface area contributed by atoms with Crippen LogP contribution >= 0.6 is 0 Å². The van der Waals surface area contributed by atoms with Gasteiger partial charge in [0.15, 0.2) is 0 Å². The van der Waals surface area contributed by atoms with Gasteiger partial charge in [-0.15, -0.1) is 0 Å². The van der Waals surface area contributed by atoms with E-state index in [1.54, 1.807) is 18.6 Å². The van der Waals surface area contributed by atoms with E-state index in [4.69, 9.17) is 0 Å². The summed E-state index contributed by atoms with van der Waals surface area (Å²) in [6.07, 6.45) is 6.86. The van der Waals surface area contributed by atoms with Crippen LogP contribution in [-0.2, 0) is 6.54 Å². The number of rotatable bonds is 4. The SMILES string of the molecule is O=C(N/C=C/c1ccccc1)NCc1ccncc1. The quantitative estimate of drug-likeness (QED) is 0.879. The maximum atomic E-state index is 11.5. The number of hydrogen-bond acceptors (Lipinski definition) is 2. The Balaban J connectivity index is 1.75. The largest absolute Gasteiger partial charge is 0.334 e. The van der Waals surface area contributed by atoms with Crippen LogP contribution < -0.4 is 10.6 Å². The lowest BCUT2D eigenvalue weighted by molar-refractivity contribution is 0.244. The minimum absolute atomic E-state index is 0.232. The molecule has 0 spiro atoms. The average molecular weight is 253 g/mol. The maximum Gasteiger partial charge on any atom is 0.319 e. The van der Waals surface area contributed by atoms with Crippen LogP contribution in [0, 0.1) is 0 Å². The van der Waals surface area contributed by atoms with Gasteiger partial charge in [0.1, 0.15) is 0 Å². The van der Waals surface area contributed by atoms with Crippen molar-refractivity contribution in [1.82, 2.24) is 15.6 Å². The molecule has 2 rings (SSSR count). The normalized spacial score (nSPS) is 10.3. The van der Waals surface area contributed by atoms with E-state index in [9.17, 15) is 4.79 Å². The summed E-state index contributed by atoms with van der Waals surface area (Å²) in [5, 5.41) is 5.41. The zero-order chi connectivity index (χ0) is 13.3. The minimum Gasteiger partial charge on any atom is -0.334 e. The Bertz CT molecular complexity index is 538. The Morgan fingerprint density at radius 1 is 1.11 bits per heavy atom. The summed E-state index contributed by atoms with van der Waals surface area (Å²) in [7, 11) is 0. The summed E-state index contributed by atoms with van der Waals surface area (Å²) < 4.78 is 0. The third kappa shape index (κ3) is 4.63. The number of urea groups is 1. The molecule has 0 unspecified atom stereocenters. The van der Waals surface area contributed by atoms with Crippen molar-refractivity contribution >= 4 is 12.1 Å². The lowest BCUT2D eigenvalue weighted by Crippen LogP contribution is -2.31. The van der Waals surface area contributed by atoms with Gasteiger partial charge in [-0.3, -0.25) is 4.98 Å². The molecule has 4 nitrogen and oxygen atoms in total. The molecular formula is C15H15N3O. The zero-order valence-corrected chi connectivity index (χ0v) is 10.4. The lowest BCUT2D eigenvalue weighted by atomic mass is 10.2. The molecule has 0 aliphatic heterocycles. The van der Waals surface area contributed by atoms with Crippen molar-refractivity contribution in [2.45, 2.75) is 6.54 Å². The Labute approximate surface area is 112 Å². The van der Waals surface area contributed by atoms with Crippen molar-refractivity contribution in [2.75, 3.05) is 0 Å². The Morgan fingerprint density at radius 3 is 2.58 bits per heavy atom. The van der Waals surface area contributed by atoms with Crippen molar-refractivity contribution in [3.63, 3.8) is 0 Å². The van der Waals surface area contributed by atoms with Crippen molar-refractivity contribution in [3.05, 3.63) is 72.2 Å². The number of aromatic nitrogens is 1. The molecule has 19 heavy (non-hydrogen) atoms. The average Bonchev–Trinajstić information content (AvgIpc) is 2.47. The van der Waals surface area contributed by atoms with Gasteiger partial charge in [0.25, 0.3) is 0 Å². The highest BCUT2D eigenvalue weighted by Gasteiger charge is 1.96. The molecule has 1 aromatic carbocycles. The number of pyridine rings is 1. The number of carbonyl (C=O) groups is 1. The van der Waals surface area contributed by atoms with Crippen LogP contribution in [0.25, 0.3) is 6.08 Å². The number of nitrogens with zero attached hydrogens (tertiary/aromatic N) is 1. The fraction of sp³-hybridized carbons (Fsp3) is 0.0667. The second-order valence-corrected chi connectivity index (χ2v) is 3.93. The smallest absolute Gasteiger partial charge is 0.319 e. The van der Waals surface area contributed by atoms with E-state index in [1.165, 1.54) is 0 Å². The minimum atomic E-state index is -0.232. The number of amides is 2.